The minimum atomic E-state index is -0.805. The Bertz CT molecular complexity index is 605. The van der Waals surface area contributed by atoms with Gasteiger partial charge in [0.05, 0.1) is 5.69 Å². The SMILES string of the molecule is Cc1ocnc1CN1CCc2sccc2C1C(=O)O. The molecule has 1 unspecified atom stereocenters. The number of oxazole rings is 1. The zero-order chi connectivity index (χ0) is 13.4. The molecule has 0 saturated carbocycles. The fraction of sp³-hybridized carbons (Fsp3) is 0.385. The summed E-state index contributed by atoms with van der Waals surface area (Å²) in [5.41, 5.74) is 1.73. The van der Waals surface area contributed by atoms with Gasteiger partial charge in [-0.1, -0.05) is 0 Å². The lowest BCUT2D eigenvalue weighted by Crippen LogP contribution is -2.38. The number of carboxylic acids is 1. The van der Waals surface area contributed by atoms with Crippen LogP contribution in [0.1, 0.15) is 27.9 Å². The van der Waals surface area contributed by atoms with Crippen LogP contribution in [0.2, 0.25) is 0 Å². The molecule has 0 fully saturated rings. The highest BCUT2D eigenvalue weighted by molar-refractivity contribution is 7.10. The number of aryl methyl sites for hydroxylation is 1. The number of thiophene rings is 1. The first-order valence-corrected chi connectivity index (χ1v) is 6.97. The number of carbonyl (C=O) groups is 1. The summed E-state index contributed by atoms with van der Waals surface area (Å²) in [6.07, 6.45) is 2.30. The lowest BCUT2D eigenvalue weighted by atomic mass is 10.00. The van der Waals surface area contributed by atoms with E-state index in [-0.39, 0.29) is 0 Å². The maximum atomic E-state index is 11.6. The smallest absolute Gasteiger partial charge is 0.325 e. The summed E-state index contributed by atoms with van der Waals surface area (Å²) in [5.74, 6) is -0.0549. The van der Waals surface area contributed by atoms with Gasteiger partial charge in [0.2, 0.25) is 0 Å². The van der Waals surface area contributed by atoms with E-state index in [0.717, 1.165) is 30.0 Å². The van der Waals surface area contributed by atoms with Crippen molar-refractivity contribution in [2.45, 2.75) is 25.9 Å². The third kappa shape index (κ3) is 2.17. The van der Waals surface area contributed by atoms with E-state index in [1.54, 1.807) is 11.3 Å². The van der Waals surface area contributed by atoms with Gasteiger partial charge in [-0.15, -0.1) is 11.3 Å². The van der Waals surface area contributed by atoms with Crippen LogP contribution in [0.3, 0.4) is 0 Å². The predicted octanol–water partition coefficient (Wildman–Crippen LogP) is 2.23. The minimum Gasteiger partial charge on any atom is -0.480 e. The summed E-state index contributed by atoms with van der Waals surface area (Å²) in [7, 11) is 0. The van der Waals surface area contributed by atoms with Crippen LogP contribution in [-0.4, -0.2) is 27.5 Å². The summed E-state index contributed by atoms with van der Waals surface area (Å²) in [6, 6.07) is 1.34. The molecule has 1 N–H and O–H groups in total. The van der Waals surface area contributed by atoms with Crippen LogP contribution in [0.5, 0.6) is 0 Å². The van der Waals surface area contributed by atoms with Gasteiger partial charge >= 0.3 is 5.97 Å². The Morgan fingerprint density at radius 3 is 3.21 bits per heavy atom. The van der Waals surface area contributed by atoms with E-state index in [1.165, 1.54) is 11.3 Å². The van der Waals surface area contributed by atoms with Crippen LogP contribution in [-0.2, 0) is 17.8 Å². The zero-order valence-corrected chi connectivity index (χ0v) is 11.3. The average molecular weight is 278 g/mol. The molecule has 1 aliphatic heterocycles. The molecule has 3 rings (SSSR count). The van der Waals surface area contributed by atoms with E-state index in [0.29, 0.717) is 6.54 Å². The van der Waals surface area contributed by atoms with Crippen LogP contribution in [0.25, 0.3) is 0 Å². The molecule has 0 saturated heterocycles. The van der Waals surface area contributed by atoms with E-state index in [9.17, 15) is 9.90 Å². The van der Waals surface area contributed by atoms with E-state index in [4.69, 9.17) is 4.42 Å². The molecule has 1 aliphatic rings. The largest absolute Gasteiger partial charge is 0.480 e. The number of aromatic nitrogens is 1. The molecule has 0 radical (unpaired) electrons. The molecule has 1 atom stereocenters. The van der Waals surface area contributed by atoms with Gasteiger partial charge in [0.1, 0.15) is 11.8 Å². The molecule has 3 heterocycles. The normalized spacial score (nSPS) is 19.3. The van der Waals surface area contributed by atoms with Crippen molar-refractivity contribution < 1.29 is 14.3 Å². The highest BCUT2D eigenvalue weighted by Gasteiger charge is 2.34. The monoisotopic (exact) mass is 278 g/mol. The first-order chi connectivity index (χ1) is 9.16. The van der Waals surface area contributed by atoms with Crippen LogP contribution in [0, 0.1) is 6.92 Å². The van der Waals surface area contributed by atoms with Crippen molar-refractivity contribution in [1.29, 1.82) is 0 Å². The van der Waals surface area contributed by atoms with E-state index in [1.807, 2.05) is 23.3 Å². The quantitative estimate of drug-likeness (QED) is 0.932. The third-order valence-electron chi connectivity index (χ3n) is 3.50. The molecular formula is C13H14N2O3S. The first kappa shape index (κ1) is 12.4. The molecule has 5 nitrogen and oxygen atoms in total. The molecule has 0 aromatic carbocycles. The van der Waals surface area contributed by atoms with Crippen molar-refractivity contribution in [3.63, 3.8) is 0 Å². The predicted molar refractivity (Wildman–Crippen MR) is 70.0 cm³/mol. The molecule has 100 valence electrons. The van der Waals surface area contributed by atoms with Gasteiger partial charge in [-0.25, -0.2) is 4.98 Å². The number of carboxylic acid groups (broad SMARTS) is 1. The first-order valence-electron chi connectivity index (χ1n) is 6.09. The molecule has 0 bridgehead atoms. The molecule has 2 aromatic rings. The van der Waals surface area contributed by atoms with Crippen LogP contribution in [0.15, 0.2) is 22.3 Å². The Morgan fingerprint density at radius 2 is 2.53 bits per heavy atom. The van der Waals surface area contributed by atoms with Gasteiger partial charge in [-0.2, -0.15) is 0 Å². The molecule has 19 heavy (non-hydrogen) atoms. The van der Waals surface area contributed by atoms with Crippen molar-refractivity contribution in [2.24, 2.45) is 0 Å². The van der Waals surface area contributed by atoms with Crippen molar-refractivity contribution in [2.75, 3.05) is 6.54 Å². The van der Waals surface area contributed by atoms with Crippen molar-refractivity contribution in [1.82, 2.24) is 9.88 Å². The van der Waals surface area contributed by atoms with Crippen LogP contribution < -0.4 is 0 Å². The van der Waals surface area contributed by atoms with E-state index >= 15 is 0 Å². The average Bonchev–Trinajstić information content (AvgIpc) is 2.98. The second-order valence-electron chi connectivity index (χ2n) is 4.62. The van der Waals surface area contributed by atoms with Gasteiger partial charge in [0.15, 0.2) is 6.39 Å². The standard InChI is InChI=1S/C13H14N2O3S/c1-8-10(14-7-18-8)6-15-4-2-11-9(3-5-19-11)12(15)13(16)17/h3,5,7,12H,2,4,6H2,1H3,(H,16,17). The van der Waals surface area contributed by atoms with Gasteiger partial charge in [-0.3, -0.25) is 9.69 Å². The van der Waals surface area contributed by atoms with Gasteiger partial charge < -0.3 is 9.52 Å². The molecular weight excluding hydrogens is 264 g/mol. The molecule has 6 heteroatoms. The zero-order valence-electron chi connectivity index (χ0n) is 10.5. The van der Waals surface area contributed by atoms with Gasteiger partial charge in [0, 0.05) is 18.0 Å². The molecule has 0 aliphatic carbocycles. The van der Waals surface area contributed by atoms with E-state index < -0.39 is 12.0 Å². The van der Waals surface area contributed by atoms with Crippen molar-refractivity contribution in [3.05, 3.63) is 39.7 Å². The van der Waals surface area contributed by atoms with Crippen LogP contribution in [0.4, 0.5) is 0 Å². The summed E-state index contributed by atoms with van der Waals surface area (Å²) in [4.78, 5) is 18.8. The minimum absolute atomic E-state index is 0.509. The van der Waals surface area contributed by atoms with Crippen LogP contribution >= 0.6 is 11.3 Å². The number of hydrogen-bond acceptors (Lipinski definition) is 5. The Morgan fingerprint density at radius 1 is 1.68 bits per heavy atom. The lowest BCUT2D eigenvalue weighted by Gasteiger charge is -2.32. The second-order valence-corrected chi connectivity index (χ2v) is 5.62. The molecule has 0 spiro atoms. The summed E-state index contributed by atoms with van der Waals surface area (Å²) >= 11 is 1.64. The Balaban J connectivity index is 1.90. The Kier molecular flexibility index (Phi) is 3.12. The number of fused-ring (bicyclic) bond motifs is 1. The summed E-state index contributed by atoms with van der Waals surface area (Å²) in [6.45, 7) is 3.09. The topological polar surface area (TPSA) is 66.6 Å². The van der Waals surface area contributed by atoms with Gasteiger partial charge in [-0.05, 0) is 30.4 Å². The third-order valence-corrected chi connectivity index (χ3v) is 4.49. The van der Waals surface area contributed by atoms with E-state index in [2.05, 4.69) is 4.98 Å². The lowest BCUT2D eigenvalue weighted by molar-refractivity contribution is -0.144. The number of hydrogen-bond donors (Lipinski definition) is 1. The fourth-order valence-electron chi connectivity index (χ4n) is 2.50. The Labute approximate surface area is 114 Å². The fourth-order valence-corrected chi connectivity index (χ4v) is 3.40. The summed E-state index contributed by atoms with van der Waals surface area (Å²) in [5, 5.41) is 11.5. The second kappa shape index (κ2) is 4.79. The van der Waals surface area contributed by atoms with Crippen molar-refractivity contribution >= 4 is 17.3 Å². The highest BCUT2D eigenvalue weighted by atomic mass is 32.1. The Hall–Kier alpha value is -1.66. The van der Waals surface area contributed by atoms with Gasteiger partial charge in [0.25, 0.3) is 0 Å². The molecule has 2 aromatic heterocycles. The maximum Gasteiger partial charge on any atom is 0.325 e. The highest BCUT2D eigenvalue weighted by Crippen LogP contribution is 2.34. The number of rotatable bonds is 3. The maximum absolute atomic E-state index is 11.6. The summed E-state index contributed by atoms with van der Waals surface area (Å²) < 4.78 is 5.17. The number of nitrogens with zero attached hydrogens (tertiary/aromatic N) is 2. The molecule has 0 amide bonds. The van der Waals surface area contributed by atoms with Crippen molar-refractivity contribution in [3.8, 4) is 0 Å². The number of aliphatic carboxylic acids is 1.